The Bertz CT molecular complexity index is 733. The number of aromatic nitrogens is 2. The van der Waals surface area contributed by atoms with Crippen LogP contribution in [0.1, 0.15) is 6.42 Å². The molecule has 102 valence electrons. The number of hydrogen-bond donors (Lipinski definition) is 1. The van der Waals surface area contributed by atoms with E-state index in [0.29, 0.717) is 17.9 Å². The van der Waals surface area contributed by atoms with Crippen LogP contribution in [-0.2, 0) is 6.54 Å². The fourth-order valence-electron chi connectivity index (χ4n) is 2.40. The van der Waals surface area contributed by atoms with Gasteiger partial charge < -0.3 is 10.3 Å². The number of hydrogen-bond acceptors (Lipinski definition) is 2. The van der Waals surface area contributed by atoms with E-state index >= 15 is 0 Å². The van der Waals surface area contributed by atoms with Crippen molar-refractivity contribution in [2.45, 2.75) is 13.0 Å². The molecule has 1 aromatic heterocycles. The zero-order chi connectivity index (χ0) is 13.9. The number of nitrogens with zero attached hydrogens (tertiary/aromatic N) is 2. The highest BCUT2D eigenvalue weighted by atomic mass is 19.1. The number of rotatable bonds is 4. The molecule has 0 radical (unpaired) electrons. The Morgan fingerprint density at radius 3 is 2.60 bits per heavy atom. The third-order valence-electron chi connectivity index (χ3n) is 3.36. The lowest BCUT2D eigenvalue weighted by Gasteiger charge is -2.09. The fraction of sp³-hybridized carbons (Fsp3) is 0.188. The van der Waals surface area contributed by atoms with Crippen LogP contribution >= 0.6 is 0 Å². The summed E-state index contributed by atoms with van der Waals surface area (Å²) >= 11 is 0. The average molecular weight is 269 g/mol. The van der Waals surface area contributed by atoms with E-state index in [4.69, 9.17) is 5.73 Å². The van der Waals surface area contributed by atoms with E-state index in [1.165, 1.54) is 6.07 Å². The minimum atomic E-state index is -0.253. The fourth-order valence-corrected chi connectivity index (χ4v) is 2.40. The lowest BCUT2D eigenvalue weighted by Crippen LogP contribution is -2.07. The maximum Gasteiger partial charge on any atom is 0.144 e. The molecular formula is C16H16FN3. The number of benzene rings is 2. The molecule has 2 N–H and O–H groups in total. The third kappa shape index (κ3) is 2.18. The molecule has 0 fully saturated rings. The standard InChI is InChI=1S/C16H16FN3/c17-13-7-2-1-6-12(13)16-19-14-8-3-4-9-15(14)20(16)11-5-10-18/h1-4,6-9H,5,10-11,18H2. The molecule has 0 aliphatic carbocycles. The Labute approximate surface area is 116 Å². The lowest BCUT2D eigenvalue weighted by molar-refractivity contribution is 0.623. The quantitative estimate of drug-likeness (QED) is 0.790. The number of imidazole rings is 1. The predicted octanol–water partition coefficient (Wildman–Crippen LogP) is 3.19. The molecule has 3 nitrogen and oxygen atoms in total. The van der Waals surface area contributed by atoms with Crippen molar-refractivity contribution < 1.29 is 4.39 Å². The number of halogens is 1. The molecule has 3 rings (SSSR count). The van der Waals surface area contributed by atoms with Gasteiger partial charge in [-0.15, -0.1) is 0 Å². The molecule has 3 aromatic rings. The third-order valence-corrected chi connectivity index (χ3v) is 3.36. The van der Waals surface area contributed by atoms with Crippen molar-refractivity contribution in [3.8, 4) is 11.4 Å². The van der Waals surface area contributed by atoms with Crippen molar-refractivity contribution in [1.29, 1.82) is 0 Å². The summed E-state index contributed by atoms with van der Waals surface area (Å²) in [6.07, 6.45) is 0.835. The van der Waals surface area contributed by atoms with Crippen LogP contribution in [0.25, 0.3) is 22.4 Å². The van der Waals surface area contributed by atoms with Crippen molar-refractivity contribution in [3.63, 3.8) is 0 Å². The highest BCUT2D eigenvalue weighted by Crippen LogP contribution is 2.26. The first-order valence-electron chi connectivity index (χ1n) is 6.71. The SMILES string of the molecule is NCCCn1c(-c2ccccc2F)nc2ccccc21. The monoisotopic (exact) mass is 269 g/mol. The number of aryl methyl sites for hydroxylation is 1. The van der Waals surface area contributed by atoms with Gasteiger partial charge in [-0.05, 0) is 37.2 Å². The Morgan fingerprint density at radius 2 is 1.80 bits per heavy atom. The molecule has 0 saturated heterocycles. The minimum Gasteiger partial charge on any atom is -0.330 e. The maximum absolute atomic E-state index is 14.0. The molecule has 20 heavy (non-hydrogen) atoms. The summed E-state index contributed by atoms with van der Waals surface area (Å²) in [4.78, 5) is 4.58. The Hall–Kier alpha value is -2.20. The van der Waals surface area contributed by atoms with E-state index in [2.05, 4.69) is 4.98 Å². The first-order valence-corrected chi connectivity index (χ1v) is 6.71. The summed E-state index contributed by atoms with van der Waals surface area (Å²) in [5.41, 5.74) is 8.02. The van der Waals surface area contributed by atoms with Gasteiger partial charge >= 0.3 is 0 Å². The number of fused-ring (bicyclic) bond motifs is 1. The van der Waals surface area contributed by atoms with Gasteiger partial charge in [0.15, 0.2) is 0 Å². The van der Waals surface area contributed by atoms with Crippen LogP contribution in [-0.4, -0.2) is 16.1 Å². The average Bonchev–Trinajstić information content (AvgIpc) is 2.84. The second-order valence-electron chi connectivity index (χ2n) is 4.70. The highest BCUT2D eigenvalue weighted by molar-refractivity contribution is 5.80. The molecule has 4 heteroatoms. The first kappa shape index (κ1) is 12.8. The Balaban J connectivity index is 2.21. The van der Waals surface area contributed by atoms with Gasteiger partial charge in [-0.3, -0.25) is 0 Å². The van der Waals surface area contributed by atoms with Crippen molar-refractivity contribution in [3.05, 3.63) is 54.3 Å². The van der Waals surface area contributed by atoms with Crippen LogP contribution < -0.4 is 5.73 Å². The van der Waals surface area contributed by atoms with Gasteiger partial charge in [-0.25, -0.2) is 9.37 Å². The minimum absolute atomic E-state index is 0.253. The summed E-state index contributed by atoms with van der Waals surface area (Å²) in [7, 11) is 0. The number of nitrogens with two attached hydrogens (primary N) is 1. The van der Waals surface area contributed by atoms with Crippen molar-refractivity contribution >= 4 is 11.0 Å². The highest BCUT2D eigenvalue weighted by Gasteiger charge is 2.14. The molecule has 0 spiro atoms. The van der Waals surface area contributed by atoms with Crippen LogP contribution in [0.3, 0.4) is 0 Å². The normalized spacial score (nSPS) is 11.1. The maximum atomic E-state index is 14.0. The summed E-state index contributed by atoms with van der Waals surface area (Å²) in [5, 5.41) is 0. The largest absolute Gasteiger partial charge is 0.330 e. The summed E-state index contributed by atoms with van der Waals surface area (Å²) in [6.45, 7) is 1.34. The van der Waals surface area contributed by atoms with Crippen molar-refractivity contribution in [2.75, 3.05) is 6.54 Å². The molecule has 0 saturated carbocycles. The molecule has 0 atom stereocenters. The van der Waals surface area contributed by atoms with Gasteiger partial charge in [-0.2, -0.15) is 0 Å². The lowest BCUT2D eigenvalue weighted by atomic mass is 10.2. The van der Waals surface area contributed by atoms with Gasteiger partial charge in [0.05, 0.1) is 16.6 Å². The van der Waals surface area contributed by atoms with E-state index in [0.717, 1.165) is 24.0 Å². The number of para-hydroxylation sites is 2. The van der Waals surface area contributed by atoms with Crippen LogP contribution in [0.4, 0.5) is 4.39 Å². The van der Waals surface area contributed by atoms with E-state index in [9.17, 15) is 4.39 Å². The van der Waals surface area contributed by atoms with Crippen LogP contribution in [0, 0.1) is 5.82 Å². The Kier molecular flexibility index (Phi) is 3.48. The van der Waals surface area contributed by atoms with E-state index in [1.807, 2.05) is 34.9 Å². The zero-order valence-corrected chi connectivity index (χ0v) is 11.1. The molecule has 0 aliphatic heterocycles. The second kappa shape index (κ2) is 5.43. The van der Waals surface area contributed by atoms with Gasteiger partial charge in [-0.1, -0.05) is 24.3 Å². The molecule has 0 aliphatic rings. The van der Waals surface area contributed by atoms with E-state index in [-0.39, 0.29) is 5.82 Å². The smallest absolute Gasteiger partial charge is 0.144 e. The molecule has 2 aromatic carbocycles. The Morgan fingerprint density at radius 1 is 1.05 bits per heavy atom. The second-order valence-corrected chi connectivity index (χ2v) is 4.70. The van der Waals surface area contributed by atoms with Crippen LogP contribution in [0.5, 0.6) is 0 Å². The molecule has 0 unspecified atom stereocenters. The van der Waals surface area contributed by atoms with E-state index in [1.54, 1.807) is 12.1 Å². The summed E-state index contributed by atoms with van der Waals surface area (Å²) in [6, 6.07) is 14.6. The molecule has 0 bridgehead atoms. The summed E-state index contributed by atoms with van der Waals surface area (Å²) < 4.78 is 16.1. The van der Waals surface area contributed by atoms with Crippen molar-refractivity contribution in [2.24, 2.45) is 5.73 Å². The topological polar surface area (TPSA) is 43.8 Å². The van der Waals surface area contributed by atoms with Crippen LogP contribution in [0.2, 0.25) is 0 Å². The van der Waals surface area contributed by atoms with Crippen LogP contribution in [0.15, 0.2) is 48.5 Å². The predicted molar refractivity (Wildman–Crippen MR) is 78.8 cm³/mol. The molecule has 0 amide bonds. The van der Waals surface area contributed by atoms with Crippen molar-refractivity contribution in [1.82, 2.24) is 9.55 Å². The van der Waals surface area contributed by atoms with Gasteiger partial charge in [0.2, 0.25) is 0 Å². The zero-order valence-electron chi connectivity index (χ0n) is 11.1. The molecule has 1 heterocycles. The van der Waals surface area contributed by atoms with Gasteiger partial charge in [0, 0.05) is 6.54 Å². The van der Waals surface area contributed by atoms with Gasteiger partial charge in [0.1, 0.15) is 11.6 Å². The molecular weight excluding hydrogens is 253 g/mol. The summed E-state index contributed by atoms with van der Waals surface area (Å²) in [5.74, 6) is 0.412. The van der Waals surface area contributed by atoms with E-state index < -0.39 is 0 Å². The van der Waals surface area contributed by atoms with Gasteiger partial charge in [0.25, 0.3) is 0 Å². The first-order chi connectivity index (χ1) is 9.81.